The van der Waals surface area contributed by atoms with Crippen LogP contribution in [-0.2, 0) is 6.42 Å². The summed E-state index contributed by atoms with van der Waals surface area (Å²) in [4.78, 5) is 16.2. The number of benzene rings is 1. The number of carbonyl (C=O) groups excluding carboxylic acids is 1. The number of nitrogens with zero attached hydrogens (tertiary/aromatic N) is 2. The lowest BCUT2D eigenvalue weighted by Gasteiger charge is -2.32. The molecule has 102 valence electrons. The maximum Gasteiger partial charge on any atom is 0.321 e. The number of nitrogens with one attached hydrogen (secondary N) is 1. The molecule has 2 aliphatic rings. The molecule has 0 bridgehead atoms. The van der Waals surface area contributed by atoms with Crippen LogP contribution in [0.3, 0.4) is 0 Å². The van der Waals surface area contributed by atoms with Crippen LogP contribution in [0.25, 0.3) is 0 Å². The van der Waals surface area contributed by atoms with Gasteiger partial charge in [0.05, 0.1) is 6.61 Å². The third-order valence-corrected chi connectivity index (χ3v) is 3.73. The van der Waals surface area contributed by atoms with Gasteiger partial charge in [-0.1, -0.05) is 0 Å². The molecular weight excluding hydrogens is 242 g/mol. The summed E-state index contributed by atoms with van der Waals surface area (Å²) in [6.07, 6.45) is 0.924. The summed E-state index contributed by atoms with van der Waals surface area (Å²) in [5, 5.41) is 2.97. The number of piperazine rings is 1. The molecule has 1 aromatic rings. The van der Waals surface area contributed by atoms with Gasteiger partial charge < -0.3 is 19.9 Å². The van der Waals surface area contributed by atoms with Crippen LogP contribution in [0.2, 0.25) is 0 Å². The minimum absolute atomic E-state index is 0.00744. The highest BCUT2D eigenvalue weighted by Gasteiger charge is 2.19. The van der Waals surface area contributed by atoms with E-state index in [0.29, 0.717) is 0 Å². The Morgan fingerprint density at radius 2 is 2.05 bits per heavy atom. The predicted molar refractivity (Wildman–Crippen MR) is 73.7 cm³/mol. The van der Waals surface area contributed by atoms with Crippen LogP contribution < -0.4 is 10.1 Å². The number of urea groups is 1. The smallest absolute Gasteiger partial charge is 0.321 e. The molecule has 2 heterocycles. The zero-order valence-corrected chi connectivity index (χ0v) is 11.2. The van der Waals surface area contributed by atoms with E-state index in [-0.39, 0.29) is 6.03 Å². The molecule has 0 radical (unpaired) electrons. The highest BCUT2D eigenvalue weighted by Crippen LogP contribution is 2.27. The van der Waals surface area contributed by atoms with E-state index in [2.05, 4.69) is 17.3 Å². The summed E-state index contributed by atoms with van der Waals surface area (Å²) in [6.45, 7) is 4.19. The number of hydrogen-bond donors (Lipinski definition) is 1. The Morgan fingerprint density at radius 1 is 1.26 bits per heavy atom. The topological polar surface area (TPSA) is 44.8 Å². The van der Waals surface area contributed by atoms with Gasteiger partial charge in [0.15, 0.2) is 0 Å². The van der Waals surface area contributed by atoms with Crippen molar-refractivity contribution >= 4 is 11.7 Å². The summed E-state index contributed by atoms with van der Waals surface area (Å²) in [7, 11) is 2.08. The Hall–Kier alpha value is -1.75. The molecule has 1 fully saturated rings. The summed E-state index contributed by atoms with van der Waals surface area (Å²) >= 11 is 0. The first kappa shape index (κ1) is 12.3. The standard InChI is InChI=1S/C14H19N3O2/c1-16-5-7-17(8-6-16)14(18)15-12-2-3-13-11(10-12)4-9-19-13/h2-3,10H,4-9H2,1H3,(H,15,18). The molecule has 0 spiro atoms. The normalized spacial score (nSPS) is 18.9. The fraction of sp³-hybridized carbons (Fsp3) is 0.500. The van der Waals surface area contributed by atoms with Gasteiger partial charge in [-0.05, 0) is 30.8 Å². The van der Waals surface area contributed by atoms with Crippen LogP contribution in [0.1, 0.15) is 5.56 Å². The van der Waals surface area contributed by atoms with E-state index in [1.807, 2.05) is 23.1 Å². The lowest BCUT2D eigenvalue weighted by Crippen LogP contribution is -2.48. The van der Waals surface area contributed by atoms with Gasteiger partial charge in [0, 0.05) is 38.3 Å². The van der Waals surface area contributed by atoms with E-state index in [1.54, 1.807) is 0 Å². The number of likely N-dealkylation sites (N-methyl/N-ethyl adjacent to an activating group) is 1. The zero-order chi connectivity index (χ0) is 13.2. The Balaban J connectivity index is 1.63. The van der Waals surface area contributed by atoms with E-state index >= 15 is 0 Å². The molecule has 0 unspecified atom stereocenters. The minimum atomic E-state index is -0.00744. The first-order valence-electron chi connectivity index (χ1n) is 6.72. The van der Waals surface area contributed by atoms with Crippen LogP contribution in [-0.4, -0.2) is 55.7 Å². The van der Waals surface area contributed by atoms with Gasteiger partial charge in [-0.2, -0.15) is 0 Å². The highest BCUT2D eigenvalue weighted by molar-refractivity contribution is 5.89. The molecule has 0 saturated carbocycles. The minimum Gasteiger partial charge on any atom is -0.493 e. The largest absolute Gasteiger partial charge is 0.493 e. The number of fused-ring (bicyclic) bond motifs is 1. The van der Waals surface area contributed by atoms with E-state index in [0.717, 1.165) is 50.6 Å². The van der Waals surface area contributed by atoms with Crippen LogP contribution in [0.4, 0.5) is 10.5 Å². The summed E-state index contributed by atoms with van der Waals surface area (Å²) in [6, 6.07) is 5.84. The van der Waals surface area contributed by atoms with E-state index in [1.165, 1.54) is 5.56 Å². The van der Waals surface area contributed by atoms with Crippen LogP contribution >= 0.6 is 0 Å². The van der Waals surface area contributed by atoms with Gasteiger partial charge in [-0.15, -0.1) is 0 Å². The SMILES string of the molecule is CN1CCN(C(=O)Nc2ccc3c(c2)CCO3)CC1. The zero-order valence-electron chi connectivity index (χ0n) is 11.2. The van der Waals surface area contributed by atoms with Crippen LogP contribution in [0, 0.1) is 0 Å². The summed E-state index contributed by atoms with van der Waals surface area (Å²) in [5.74, 6) is 0.942. The van der Waals surface area contributed by atoms with Crippen molar-refractivity contribution in [2.75, 3.05) is 45.2 Å². The molecule has 5 heteroatoms. The van der Waals surface area contributed by atoms with Gasteiger partial charge in [0.2, 0.25) is 0 Å². The molecule has 0 aromatic heterocycles. The van der Waals surface area contributed by atoms with Gasteiger partial charge >= 0.3 is 6.03 Å². The fourth-order valence-electron chi connectivity index (χ4n) is 2.48. The lowest BCUT2D eigenvalue weighted by atomic mass is 10.1. The second-order valence-electron chi connectivity index (χ2n) is 5.14. The van der Waals surface area contributed by atoms with Gasteiger partial charge in [0.1, 0.15) is 5.75 Å². The number of ether oxygens (including phenoxy) is 1. The van der Waals surface area contributed by atoms with Crippen molar-refractivity contribution in [3.63, 3.8) is 0 Å². The molecule has 2 amide bonds. The maximum atomic E-state index is 12.1. The Morgan fingerprint density at radius 3 is 2.84 bits per heavy atom. The summed E-state index contributed by atoms with van der Waals surface area (Å²) in [5.41, 5.74) is 2.03. The molecular formula is C14H19N3O2. The van der Waals surface area contributed by atoms with Crippen molar-refractivity contribution in [3.8, 4) is 5.75 Å². The lowest BCUT2D eigenvalue weighted by molar-refractivity contribution is 0.164. The number of hydrogen-bond acceptors (Lipinski definition) is 3. The van der Waals surface area contributed by atoms with Crippen LogP contribution in [0.15, 0.2) is 18.2 Å². The molecule has 19 heavy (non-hydrogen) atoms. The monoisotopic (exact) mass is 261 g/mol. The molecule has 1 aromatic carbocycles. The first-order valence-corrected chi connectivity index (χ1v) is 6.72. The third kappa shape index (κ3) is 2.66. The Bertz CT molecular complexity index is 482. The van der Waals surface area contributed by atoms with Crippen molar-refractivity contribution < 1.29 is 9.53 Å². The third-order valence-electron chi connectivity index (χ3n) is 3.73. The number of anilines is 1. The molecule has 0 atom stereocenters. The van der Waals surface area contributed by atoms with Crippen molar-refractivity contribution in [3.05, 3.63) is 23.8 Å². The van der Waals surface area contributed by atoms with Gasteiger partial charge in [0.25, 0.3) is 0 Å². The highest BCUT2D eigenvalue weighted by atomic mass is 16.5. The quantitative estimate of drug-likeness (QED) is 0.831. The van der Waals surface area contributed by atoms with Crippen molar-refractivity contribution in [2.45, 2.75) is 6.42 Å². The summed E-state index contributed by atoms with van der Waals surface area (Å²) < 4.78 is 5.46. The van der Waals surface area contributed by atoms with E-state index < -0.39 is 0 Å². The number of rotatable bonds is 1. The average Bonchev–Trinajstić information content (AvgIpc) is 2.87. The maximum absolute atomic E-state index is 12.1. The van der Waals surface area contributed by atoms with Crippen molar-refractivity contribution in [2.24, 2.45) is 0 Å². The molecule has 5 nitrogen and oxygen atoms in total. The molecule has 0 aliphatic carbocycles. The average molecular weight is 261 g/mol. The molecule has 1 N–H and O–H groups in total. The fourth-order valence-corrected chi connectivity index (χ4v) is 2.48. The number of carbonyl (C=O) groups is 1. The molecule has 2 aliphatic heterocycles. The van der Waals surface area contributed by atoms with Crippen molar-refractivity contribution in [1.29, 1.82) is 0 Å². The van der Waals surface area contributed by atoms with Crippen LogP contribution in [0.5, 0.6) is 5.75 Å². The Kier molecular flexibility index (Phi) is 3.29. The van der Waals surface area contributed by atoms with Gasteiger partial charge in [-0.25, -0.2) is 4.79 Å². The second kappa shape index (κ2) is 5.09. The number of amides is 2. The first-order chi connectivity index (χ1) is 9.22. The molecule has 3 rings (SSSR count). The van der Waals surface area contributed by atoms with E-state index in [9.17, 15) is 4.79 Å². The molecule has 1 saturated heterocycles. The Labute approximate surface area is 113 Å². The predicted octanol–water partition coefficient (Wildman–Crippen LogP) is 1.40. The van der Waals surface area contributed by atoms with Gasteiger partial charge in [-0.3, -0.25) is 0 Å². The van der Waals surface area contributed by atoms with Crippen molar-refractivity contribution in [1.82, 2.24) is 9.80 Å². The van der Waals surface area contributed by atoms with E-state index in [4.69, 9.17) is 4.74 Å². The second-order valence-corrected chi connectivity index (χ2v) is 5.14.